The van der Waals surface area contributed by atoms with Crippen molar-refractivity contribution in [2.45, 2.75) is 40.0 Å². The minimum Gasteiger partial charge on any atom is -0.294 e. The Morgan fingerprint density at radius 1 is 1.42 bits per heavy atom. The molecule has 0 spiro atoms. The minimum atomic E-state index is 0.312. The topological polar surface area (TPSA) is 17.1 Å². The van der Waals surface area contributed by atoms with Gasteiger partial charge < -0.3 is 0 Å². The second kappa shape index (κ2) is 3.70. The third-order valence-electron chi connectivity index (χ3n) is 2.41. The molecule has 66 valence electrons. The van der Waals surface area contributed by atoms with Crippen LogP contribution in [0, 0.1) is 0 Å². The third kappa shape index (κ3) is 1.50. The lowest BCUT2D eigenvalue weighted by molar-refractivity contribution is -0.114. The lowest BCUT2D eigenvalue weighted by atomic mass is 10.0. The fourth-order valence-electron chi connectivity index (χ4n) is 1.76. The van der Waals surface area contributed by atoms with E-state index in [-0.39, 0.29) is 0 Å². The summed E-state index contributed by atoms with van der Waals surface area (Å²) < 4.78 is 0. The molecule has 0 radical (unpaired) electrons. The van der Waals surface area contributed by atoms with Crippen LogP contribution in [0.3, 0.4) is 0 Å². The van der Waals surface area contributed by atoms with E-state index in [4.69, 9.17) is 0 Å². The highest BCUT2D eigenvalue weighted by Crippen LogP contribution is 2.30. The molecule has 0 bridgehead atoms. The summed E-state index contributed by atoms with van der Waals surface area (Å²) in [5.74, 6) is 0.312. The average Bonchev–Trinajstić information content (AvgIpc) is 2.29. The van der Waals surface area contributed by atoms with E-state index in [0.29, 0.717) is 12.2 Å². The number of rotatable bonds is 2. The molecular weight excluding hydrogens is 148 g/mol. The predicted molar refractivity (Wildman–Crippen MR) is 51.0 cm³/mol. The van der Waals surface area contributed by atoms with Crippen LogP contribution in [-0.4, -0.2) is 5.78 Å². The quantitative estimate of drug-likeness (QED) is 0.613. The van der Waals surface area contributed by atoms with Crippen LogP contribution in [0.4, 0.5) is 0 Å². The number of ketones is 1. The predicted octanol–water partition coefficient (Wildman–Crippen LogP) is 3.02. The molecule has 0 aliphatic heterocycles. The van der Waals surface area contributed by atoms with Crippen molar-refractivity contribution >= 4 is 5.78 Å². The summed E-state index contributed by atoms with van der Waals surface area (Å²) in [5.41, 5.74) is 3.53. The Bertz CT molecular complexity index is 256. The molecule has 0 unspecified atom stereocenters. The van der Waals surface area contributed by atoms with Crippen LogP contribution in [0.15, 0.2) is 22.8 Å². The van der Waals surface area contributed by atoms with E-state index in [1.54, 1.807) is 0 Å². The fraction of sp³-hybridized carbons (Fsp3) is 0.545. The van der Waals surface area contributed by atoms with Gasteiger partial charge in [0.25, 0.3) is 0 Å². The zero-order chi connectivity index (χ0) is 9.14. The summed E-state index contributed by atoms with van der Waals surface area (Å²) in [4.78, 5) is 11.3. The molecule has 1 heteroatoms. The van der Waals surface area contributed by atoms with Gasteiger partial charge in [0, 0.05) is 6.42 Å². The highest BCUT2D eigenvalue weighted by atomic mass is 16.1. The van der Waals surface area contributed by atoms with Gasteiger partial charge in [0.05, 0.1) is 0 Å². The van der Waals surface area contributed by atoms with E-state index < -0.39 is 0 Å². The molecule has 1 nitrogen and oxygen atoms in total. The molecule has 12 heavy (non-hydrogen) atoms. The van der Waals surface area contributed by atoms with Crippen LogP contribution >= 0.6 is 0 Å². The van der Waals surface area contributed by atoms with E-state index in [0.717, 1.165) is 18.4 Å². The number of Topliss-reactive ketones (excluding diaryl/α,β-unsaturated/α-hetero) is 1. The van der Waals surface area contributed by atoms with Crippen LogP contribution < -0.4 is 0 Å². The Labute approximate surface area is 74.2 Å². The van der Waals surface area contributed by atoms with Crippen molar-refractivity contribution in [3.8, 4) is 0 Å². The van der Waals surface area contributed by atoms with E-state index in [1.165, 1.54) is 11.1 Å². The molecule has 0 aromatic rings. The average molecular weight is 164 g/mol. The molecule has 0 aromatic carbocycles. The number of carbonyl (C=O) groups excluding carboxylic acids is 1. The Hall–Kier alpha value is -0.850. The maximum absolute atomic E-state index is 11.3. The monoisotopic (exact) mass is 164 g/mol. The standard InChI is InChI=1S/C11H16O/c1-4-6-9-7-11(12)8(3)10(9)5-2/h6H,4-5,7H2,1-3H3/b9-6+. The first-order valence-electron chi connectivity index (χ1n) is 4.63. The van der Waals surface area contributed by atoms with E-state index >= 15 is 0 Å². The lowest BCUT2D eigenvalue weighted by Crippen LogP contribution is -1.90. The molecule has 0 heterocycles. The molecule has 0 N–H and O–H groups in total. The highest BCUT2D eigenvalue weighted by Gasteiger charge is 2.21. The van der Waals surface area contributed by atoms with Crippen LogP contribution in [0.2, 0.25) is 0 Å². The first-order chi connectivity index (χ1) is 5.70. The third-order valence-corrected chi connectivity index (χ3v) is 2.41. The van der Waals surface area contributed by atoms with Crippen LogP contribution in [0.1, 0.15) is 40.0 Å². The van der Waals surface area contributed by atoms with Crippen molar-refractivity contribution in [2.75, 3.05) is 0 Å². The van der Waals surface area contributed by atoms with E-state index in [1.807, 2.05) is 6.92 Å². The zero-order valence-corrected chi connectivity index (χ0v) is 8.11. The van der Waals surface area contributed by atoms with Gasteiger partial charge in [0.2, 0.25) is 0 Å². The van der Waals surface area contributed by atoms with Crippen molar-refractivity contribution < 1.29 is 4.79 Å². The number of carbonyl (C=O) groups is 1. The van der Waals surface area contributed by atoms with Crippen LogP contribution in [-0.2, 0) is 4.79 Å². The molecule has 0 fully saturated rings. The minimum absolute atomic E-state index is 0.312. The summed E-state index contributed by atoms with van der Waals surface area (Å²) in [5, 5.41) is 0. The second-order valence-corrected chi connectivity index (χ2v) is 3.19. The van der Waals surface area contributed by atoms with Crippen LogP contribution in [0.5, 0.6) is 0 Å². The van der Waals surface area contributed by atoms with Gasteiger partial charge in [0.15, 0.2) is 5.78 Å². The van der Waals surface area contributed by atoms with Crippen molar-refractivity contribution in [1.82, 2.24) is 0 Å². The largest absolute Gasteiger partial charge is 0.294 e. The Morgan fingerprint density at radius 3 is 2.58 bits per heavy atom. The normalized spacial score (nSPS) is 21.2. The summed E-state index contributed by atoms with van der Waals surface area (Å²) in [6.45, 7) is 6.16. The van der Waals surface area contributed by atoms with Crippen molar-refractivity contribution in [3.63, 3.8) is 0 Å². The summed E-state index contributed by atoms with van der Waals surface area (Å²) in [7, 11) is 0. The van der Waals surface area contributed by atoms with Crippen LogP contribution in [0.25, 0.3) is 0 Å². The maximum atomic E-state index is 11.3. The van der Waals surface area contributed by atoms with Gasteiger partial charge in [-0.15, -0.1) is 0 Å². The van der Waals surface area contributed by atoms with Gasteiger partial charge in [-0.3, -0.25) is 4.79 Å². The smallest absolute Gasteiger partial charge is 0.163 e. The number of hydrogen-bond donors (Lipinski definition) is 0. The van der Waals surface area contributed by atoms with Crippen molar-refractivity contribution in [2.24, 2.45) is 0 Å². The maximum Gasteiger partial charge on any atom is 0.163 e. The Kier molecular flexibility index (Phi) is 2.85. The SMILES string of the molecule is CC/C=C1\CC(=O)C(C)=C1CC. The second-order valence-electron chi connectivity index (χ2n) is 3.19. The van der Waals surface area contributed by atoms with Gasteiger partial charge >= 0.3 is 0 Å². The van der Waals surface area contributed by atoms with Crippen molar-refractivity contribution in [3.05, 3.63) is 22.8 Å². The molecule has 0 aromatic heterocycles. The van der Waals surface area contributed by atoms with E-state index in [9.17, 15) is 4.79 Å². The Balaban J connectivity index is 2.98. The lowest BCUT2D eigenvalue weighted by Gasteiger charge is -2.00. The van der Waals surface area contributed by atoms with Gasteiger partial charge in [-0.05, 0) is 36.5 Å². The summed E-state index contributed by atoms with van der Waals surface area (Å²) in [6, 6.07) is 0. The fourth-order valence-corrected chi connectivity index (χ4v) is 1.76. The number of hydrogen-bond acceptors (Lipinski definition) is 1. The molecular formula is C11H16O. The van der Waals surface area contributed by atoms with Crippen molar-refractivity contribution in [1.29, 1.82) is 0 Å². The van der Waals surface area contributed by atoms with E-state index in [2.05, 4.69) is 19.9 Å². The van der Waals surface area contributed by atoms with Gasteiger partial charge in [-0.2, -0.15) is 0 Å². The van der Waals surface area contributed by atoms with Gasteiger partial charge in [-0.1, -0.05) is 19.9 Å². The molecule has 1 aliphatic carbocycles. The first kappa shape index (κ1) is 9.24. The summed E-state index contributed by atoms with van der Waals surface area (Å²) in [6.07, 6.45) is 4.83. The molecule has 0 amide bonds. The highest BCUT2D eigenvalue weighted by molar-refractivity contribution is 6.02. The van der Waals surface area contributed by atoms with Gasteiger partial charge in [-0.25, -0.2) is 0 Å². The summed E-state index contributed by atoms with van der Waals surface area (Å²) >= 11 is 0. The zero-order valence-electron chi connectivity index (χ0n) is 8.11. The Morgan fingerprint density at radius 2 is 2.08 bits per heavy atom. The molecule has 1 rings (SSSR count). The molecule has 1 aliphatic rings. The molecule has 0 saturated heterocycles. The molecule has 0 saturated carbocycles. The number of allylic oxidation sites excluding steroid dienone is 4. The molecule has 0 atom stereocenters. The first-order valence-corrected chi connectivity index (χ1v) is 4.63. The van der Waals surface area contributed by atoms with Gasteiger partial charge in [0.1, 0.15) is 0 Å².